The molecule has 3 aromatic carbocycles. The van der Waals surface area contributed by atoms with Crippen LogP contribution in [0.15, 0.2) is 72.8 Å². The smallest absolute Gasteiger partial charge is 0.200 e. The van der Waals surface area contributed by atoms with Gasteiger partial charge < -0.3 is 4.74 Å². The van der Waals surface area contributed by atoms with Crippen molar-refractivity contribution < 1.29 is 13.5 Å². The van der Waals surface area contributed by atoms with E-state index in [1.54, 1.807) is 12.1 Å². The zero-order chi connectivity index (χ0) is 25.3. The second-order valence-corrected chi connectivity index (χ2v) is 10.1. The summed E-state index contributed by atoms with van der Waals surface area (Å²) in [6.45, 7) is 4.57. The molecule has 0 radical (unpaired) electrons. The van der Waals surface area contributed by atoms with Crippen LogP contribution in [0.1, 0.15) is 74.5 Å². The van der Waals surface area contributed by atoms with Crippen LogP contribution in [-0.4, -0.2) is 6.61 Å². The average Bonchev–Trinajstić information content (AvgIpc) is 2.91. The quantitative estimate of drug-likeness (QED) is 0.204. The molecule has 36 heavy (non-hydrogen) atoms. The highest BCUT2D eigenvalue weighted by atomic mass is 19.2. The molecular weight excluding hydrogens is 450 g/mol. The van der Waals surface area contributed by atoms with E-state index in [4.69, 9.17) is 4.74 Å². The van der Waals surface area contributed by atoms with E-state index in [1.165, 1.54) is 22.3 Å². The van der Waals surface area contributed by atoms with Gasteiger partial charge in [0.25, 0.3) is 0 Å². The van der Waals surface area contributed by atoms with Crippen molar-refractivity contribution in [2.75, 3.05) is 6.61 Å². The van der Waals surface area contributed by atoms with Crippen LogP contribution in [0, 0.1) is 24.5 Å². The Kier molecular flexibility index (Phi) is 9.33. The summed E-state index contributed by atoms with van der Waals surface area (Å²) < 4.78 is 34.6. The Labute approximate surface area is 215 Å². The maximum absolute atomic E-state index is 14.7. The van der Waals surface area contributed by atoms with E-state index in [0.29, 0.717) is 18.1 Å². The number of hydrogen-bond acceptors (Lipinski definition) is 1. The molecule has 3 heteroatoms. The van der Waals surface area contributed by atoms with Crippen LogP contribution in [0.4, 0.5) is 8.78 Å². The van der Waals surface area contributed by atoms with Crippen molar-refractivity contribution in [3.63, 3.8) is 0 Å². The van der Waals surface area contributed by atoms with Crippen molar-refractivity contribution in [2.45, 2.75) is 71.1 Å². The van der Waals surface area contributed by atoms with Crippen molar-refractivity contribution in [1.29, 1.82) is 0 Å². The van der Waals surface area contributed by atoms with Crippen molar-refractivity contribution in [3.05, 3.63) is 101 Å². The van der Waals surface area contributed by atoms with Gasteiger partial charge in [0.2, 0.25) is 5.82 Å². The fourth-order valence-electron chi connectivity index (χ4n) is 5.07. The minimum absolute atomic E-state index is 0.0334. The molecule has 0 atom stereocenters. The molecule has 0 aliphatic heterocycles. The average molecular weight is 489 g/mol. The minimum atomic E-state index is -0.836. The van der Waals surface area contributed by atoms with Crippen molar-refractivity contribution in [2.24, 2.45) is 5.92 Å². The van der Waals surface area contributed by atoms with E-state index in [1.807, 2.05) is 6.92 Å². The van der Waals surface area contributed by atoms with Crippen LogP contribution in [-0.2, 0) is 6.42 Å². The van der Waals surface area contributed by atoms with Gasteiger partial charge in [-0.2, -0.15) is 4.39 Å². The predicted octanol–water partition coefficient (Wildman–Crippen LogP) is 9.58. The first-order chi connectivity index (χ1) is 17.5. The van der Waals surface area contributed by atoms with Gasteiger partial charge in [-0.15, -0.1) is 0 Å². The van der Waals surface area contributed by atoms with Crippen LogP contribution < -0.4 is 4.74 Å². The van der Waals surface area contributed by atoms with Gasteiger partial charge >= 0.3 is 0 Å². The highest BCUT2D eigenvalue weighted by Gasteiger charge is 2.25. The molecule has 0 unspecified atom stereocenters. The lowest BCUT2D eigenvalue weighted by Gasteiger charge is -2.27. The van der Waals surface area contributed by atoms with Gasteiger partial charge in [0.15, 0.2) is 11.6 Å². The molecule has 3 aromatic rings. The van der Waals surface area contributed by atoms with Crippen LogP contribution in [0.25, 0.3) is 11.1 Å². The number of allylic oxidation sites excluding steroid dienone is 2. The van der Waals surface area contributed by atoms with Crippen molar-refractivity contribution in [3.8, 4) is 16.9 Å². The number of aryl methyl sites for hydroxylation is 2. The SMILES string of the molecule is CCCCOc1ccc(C2CCC(/C=C/CCc3ccc(-c4ccc(C)cc4)cc3)CC2)c(F)c1F. The lowest BCUT2D eigenvalue weighted by atomic mass is 9.78. The number of benzene rings is 3. The second kappa shape index (κ2) is 12.9. The number of ether oxygens (including phenoxy) is 1. The molecule has 1 aliphatic rings. The lowest BCUT2D eigenvalue weighted by Crippen LogP contribution is -2.14. The maximum atomic E-state index is 14.7. The molecule has 1 aliphatic carbocycles. The molecule has 0 heterocycles. The first-order valence-electron chi connectivity index (χ1n) is 13.5. The fourth-order valence-corrected chi connectivity index (χ4v) is 5.07. The zero-order valence-electron chi connectivity index (χ0n) is 21.6. The van der Waals surface area contributed by atoms with Gasteiger partial charge in [0.1, 0.15) is 0 Å². The lowest BCUT2D eigenvalue weighted by molar-refractivity contribution is 0.286. The molecule has 190 valence electrons. The molecular formula is C33H38F2O. The van der Waals surface area contributed by atoms with E-state index in [2.05, 4.69) is 67.6 Å². The Hall–Kier alpha value is -2.94. The predicted molar refractivity (Wildman–Crippen MR) is 146 cm³/mol. The monoisotopic (exact) mass is 488 g/mol. The molecule has 0 spiro atoms. The summed E-state index contributed by atoms with van der Waals surface area (Å²) in [5.74, 6) is -0.921. The number of halogens is 2. The molecule has 0 aromatic heterocycles. The largest absolute Gasteiger partial charge is 0.490 e. The Morgan fingerprint density at radius 2 is 1.50 bits per heavy atom. The second-order valence-electron chi connectivity index (χ2n) is 10.1. The molecule has 1 nitrogen and oxygen atoms in total. The van der Waals surface area contributed by atoms with Gasteiger partial charge in [-0.05, 0) is 92.0 Å². The van der Waals surface area contributed by atoms with Crippen molar-refractivity contribution in [1.82, 2.24) is 0 Å². The molecule has 1 fully saturated rings. The van der Waals surface area contributed by atoms with Gasteiger partial charge in [0.05, 0.1) is 6.61 Å². The summed E-state index contributed by atoms with van der Waals surface area (Å²) in [4.78, 5) is 0. The van der Waals surface area contributed by atoms with Crippen LogP contribution in [0.2, 0.25) is 0 Å². The highest BCUT2D eigenvalue weighted by molar-refractivity contribution is 5.63. The number of unbranched alkanes of at least 4 members (excludes halogenated alkanes) is 1. The molecule has 4 rings (SSSR count). The van der Waals surface area contributed by atoms with E-state index < -0.39 is 11.6 Å². The molecule has 1 saturated carbocycles. The molecule has 0 N–H and O–H groups in total. The fraction of sp³-hybridized carbons (Fsp3) is 0.394. The first-order valence-corrected chi connectivity index (χ1v) is 13.5. The third kappa shape index (κ3) is 6.84. The van der Waals surface area contributed by atoms with Crippen molar-refractivity contribution >= 4 is 0 Å². The van der Waals surface area contributed by atoms with E-state index in [-0.39, 0.29) is 11.7 Å². The Morgan fingerprint density at radius 3 is 2.17 bits per heavy atom. The summed E-state index contributed by atoms with van der Waals surface area (Å²) in [6, 6.07) is 20.8. The minimum Gasteiger partial charge on any atom is -0.490 e. The molecule has 0 saturated heterocycles. The van der Waals surface area contributed by atoms with E-state index in [9.17, 15) is 8.78 Å². The van der Waals surface area contributed by atoms with Gasteiger partial charge in [-0.1, -0.05) is 85.7 Å². The summed E-state index contributed by atoms with van der Waals surface area (Å²) in [5, 5.41) is 0. The van der Waals surface area contributed by atoms with Crippen LogP contribution in [0.5, 0.6) is 5.75 Å². The summed E-state index contributed by atoms with van der Waals surface area (Å²) in [5.41, 5.74) is 5.63. The third-order valence-electron chi connectivity index (χ3n) is 7.39. The van der Waals surface area contributed by atoms with Crippen LogP contribution in [0.3, 0.4) is 0 Å². The highest BCUT2D eigenvalue weighted by Crippen LogP contribution is 2.39. The Balaban J connectivity index is 1.23. The van der Waals surface area contributed by atoms with Crippen LogP contribution >= 0.6 is 0 Å². The molecule has 0 bridgehead atoms. The normalized spacial score (nSPS) is 18.0. The summed E-state index contributed by atoms with van der Waals surface area (Å²) in [7, 11) is 0. The maximum Gasteiger partial charge on any atom is 0.200 e. The third-order valence-corrected chi connectivity index (χ3v) is 7.39. The van der Waals surface area contributed by atoms with Gasteiger partial charge in [-0.25, -0.2) is 4.39 Å². The van der Waals surface area contributed by atoms with Gasteiger partial charge in [0, 0.05) is 0 Å². The van der Waals surface area contributed by atoms with Gasteiger partial charge in [-0.3, -0.25) is 0 Å². The Bertz CT molecular complexity index is 1120. The topological polar surface area (TPSA) is 9.23 Å². The van der Waals surface area contributed by atoms with E-state index in [0.717, 1.165) is 51.4 Å². The molecule has 0 amide bonds. The summed E-state index contributed by atoms with van der Waals surface area (Å²) >= 11 is 0. The summed E-state index contributed by atoms with van der Waals surface area (Å²) in [6.07, 6.45) is 12.3. The van der Waals surface area contributed by atoms with E-state index >= 15 is 0 Å². The number of hydrogen-bond donors (Lipinski definition) is 0. The Morgan fingerprint density at radius 1 is 0.833 bits per heavy atom. The number of rotatable bonds is 10. The standard InChI is InChI=1S/C33H38F2O/c1-3-4-23-36-31-22-21-30(32(34)33(31)35)29-19-13-26(14-20-29)8-6-5-7-25-11-17-28(18-12-25)27-15-9-24(2)10-16-27/h6,8-12,15-18,21-22,26,29H,3-5,7,13-14,19-20,23H2,1-2H3/b8-6+. The zero-order valence-corrected chi connectivity index (χ0v) is 21.6. The first kappa shape index (κ1) is 26.1.